The van der Waals surface area contributed by atoms with Crippen LogP contribution in [0.15, 0.2) is 0 Å². The van der Waals surface area contributed by atoms with E-state index in [9.17, 15) is 33.9 Å². The topological polar surface area (TPSA) is 226 Å². The summed E-state index contributed by atoms with van der Waals surface area (Å²) in [4.78, 5) is 75.2. The Bertz CT molecular complexity index is 851. The van der Waals surface area contributed by atoms with Gasteiger partial charge in [0.1, 0.15) is 30.2 Å². The van der Waals surface area contributed by atoms with Crippen molar-refractivity contribution < 1.29 is 33.9 Å². The third-order valence-corrected chi connectivity index (χ3v) is 6.06. The fourth-order valence-corrected chi connectivity index (χ4v) is 3.97. The first-order chi connectivity index (χ1) is 17.3. The van der Waals surface area contributed by atoms with Crippen LogP contribution in [0.25, 0.3) is 0 Å². The minimum atomic E-state index is -1.34. The van der Waals surface area contributed by atoms with Gasteiger partial charge in [-0.05, 0) is 59.4 Å². The molecule has 0 radical (unpaired) electrons. The van der Waals surface area contributed by atoms with E-state index in [0.717, 1.165) is 0 Å². The molecule has 6 amide bonds. The number of primary amides is 1. The molecule has 14 nitrogen and oxygen atoms in total. The molecular weight excluding hydrogens is 486 g/mol. The Morgan fingerprint density at radius 2 is 1.54 bits per heavy atom. The molecule has 1 rings (SSSR count). The highest BCUT2D eigenvalue weighted by Crippen LogP contribution is 2.20. The van der Waals surface area contributed by atoms with Crippen molar-refractivity contribution >= 4 is 35.4 Å². The highest BCUT2D eigenvalue weighted by molar-refractivity contribution is 5.96. The summed E-state index contributed by atoms with van der Waals surface area (Å²) in [6, 6.07) is -5.14. The second-order valence-electron chi connectivity index (χ2n) is 9.32. The number of rotatable bonds is 14. The second-order valence-corrected chi connectivity index (χ2v) is 9.32. The molecule has 14 heteroatoms. The van der Waals surface area contributed by atoms with E-state index in [4.69, 9.17) is 11.5 Å². The average molecular weight is 528 g/mol. The van der Waals surface area contributed by atoms with Crippen LogP contribution in [0.2, 0.25) is 0 Å². The molecule has 6 atom stereocenters. The predicted octanol–water partition coefficient (Wildman–Crippen LogP) is -3.03. The summed E-state index contributed by atoms with van der Waals surface area (Å²) in [5.74, 6) is -3.67. The number of hydrogen-bond acceptors (Lipinski definition) is 8. The van der Waals surface area contributed by atoms with Gasteiger partial charge < -0.3 is 42.7 Å². The normalized spacial score (nSPS) is 19.1. The van der Waals surface area contributed by atoms with Gasteiger partial charge in [-0.3, -0.25) is 28.8 Å². The number of amides is 6. The first-order valence-electron chi connectivity index (χ1n) is 12.5. The van der Waals surface area contributed by atoms with Crippen molar-refractivity contribution in [2.45, 2.75) is 96.1 Å². The molecule has 37 heavy (non-hydrogen) atoms. The smallest absolute Gasteiger partial charge is 0.248 e. The average Bonchev–Trinajstić information content (AvgIpc) is 3.30. The van der Waals surface area contributed by atoms with Crippen LogP contribution in [-0.2, 0) is 28.8 Å². The van der Waals surface area contributed by atoms with Gasteiger partial charge in [-0.25, -0.2) is 0 Å². The number of nitrogens with one attached hydrogen (secondary N) is 4. The summed E-state index contributed by atoms with van der Waals surface area (Å²) in [5.41, 5.74) is 10.8. The summed E-state index contributed by atoms with van der Waals surface area (Å²) in [5, 5.41) is 20.1. The van der Waals surface area contributed by atoms with E-state index in [2.05, 4.69) is 21.3 Å². The quantitative estimate of drug-likeness (QED) is 0.115. The zero-order valence-corrected chi connectivity index (χ0v) is 21.9. The number of nitrogens with zero attached hydrogens (tertiary/aromatic N) is 1. The van der Waals surface area contributed by atoms with Gasteiger partial charge in [0.15, 0.2) is 0 Å². The van der Waals surface area contributed by atoms with E-state index in [0.29, 0.717) is 38.6 Å². The first kappa shape index (κ1) is 31.8. The molecule has 1 heterocycles. The molecule has 0 unspecified atom stereocenters. The number of aliphatic hydroxyl groups is 1. The third kappa shape index (κ3) is 9.96. The van der Waals surface area contributed by atoms with Gasteiger partial charge in [-0.15, -0.1) is 0 Å². The van der Waals surface area contributed by atoms with Crippen molar-refractivity contribution in [1.82, 2.24) is 26.2 Å². The number of nitrogens with two attached hydrogens (primary N) is 2. The lowest BCUT2D eigenvalue weighted by Crippen LogP contribution is -2.60. The lowest BCUT2D eigenvalue weighted by atomic mass is 10.1. The molecule has 0 aliphatic carbocycles. The summed E-state index contributed by atoms with van der Waals surface area (Å²) in [6.07, 6.45) is 1.11. The number of aliphatic hydroxyl groups excluding tert-OH is 1. The minimum Gasteiger partial charge on any atom is -0.391 e. The van der Waals surface area contributed by atoms with Gasteiger partial charge in [0.25, 0.3) is 0 Å². The largest absolute Gasteiger partial charge is 0.391 e. The molecule has 1 saturated heterocycles. The van der Waals surface area contributed by atoms with Gasteiger partial charge in [0.2, 0.25) is 35.4 Å². The standard InChI is InChI=1S/C23H41N7O7/c1-12(26-15(4)32)21(35)29-18(14(3)31)23(37)30-11-7-9-17(30)22(36)27-13(2)20(34)28-16(19(25)33)8-5-6-10-24/h12-14,16-18,31H,5-11,24H2,1-4H3,(H2,25,33)(H,26,32)(H,27,36)(H,28,34)(H,29,35)/t12-,13-,14+,16-,17-,18-/m0/s1. The SMILES string of the molecule is CC(=O)N[C@@H](C)C(=O)N[C@H](C(=O)N1CCC[C@H]1C(=O)N[C@@H](C)C(=O)N[C@@H](CCCCN)C(N)=O)[C@@H](C)O. The number of likely N-dealkylation sites (tertiary alicyclic amines) is 1. The maximum absolute atomic E-state index is 13.2. The molecule has 0 aromatic rings. The van der Waals surface area contributed by atoms with Gasteiger partial charge in [-0.2, -0.15) is 0 Å². The maximum atomic E-state index is 13.2. The zero-order chi connectivity index (χ0) is 28.3. The molecule has 0 bridgehead atoms. The molecule has 1 aliphatic rings. The number of carbonyl (C=O) groups is 6. The predicted molar refractivity (Wildman–Crippen MR) is 133 cm³/mol. The molecule has 0 aromatic heterocycles. The molecule has 1 fully saturated rings. The van der Waals surface area contributed by atoms with Crippen molar-refractivity contribution in [3.63, 3.8) is 0 Å². The van der Waals surface area contributed by atoms with Crippen molar-refractivity contribution in [2.75, 3.05) is 13.1 Å². The fourth-order valence-electron chi connectivity index (χ4n) is 3.97. The van der Waals surface area contributed by atoms with Crippen LogP contribution in [0.1, 0.15) is 59.8 Å². The van der Waals surface area contributed by atoms with Crippen molar-refractivity contribution in [3.8, 4) is 0 Å². The number of carbonyl (C=O) groups excluding carboxylic acids is 6. The van der Waals surface area contributed by atoms with E-state index in [1.807, 2.05) is 0 Å². The van der Waals surface area contributed by atoms with E-state index in [1.165, 1.54) is 32.6 Å². The molecular formula is C23H41N7O7. The molecule has 0 saturated carbocycles. The van der Waals surface area contributed by atoms with Crippen LogP contribution >= 0.6 is 0 Å². The van der Waals surface area contributed by atoms with E-state index in [1.54, 1.807) is 0 Å². The van der Waals surface area contributed by atoms with Gasteiger partial charge in [0.05, 0.1) is 6.10 Å². The third-order valence-electron chi connectivity index (χ3n) is 6.06. The van der Waals surface area contributed by atoms with Crippen LogP contribution in [0.5, 0.6) is 0 Å². The number of hydrogen-bond donors (Lipinski definition) is 7. The fraction of sp³-hybridized carbons (Fsp3) is 0.739. The van der Waals surface area contributed by atoms with Crippen LogP contribution in [-0.4, -0.2) is 94.9 Å². The molecule has 210 valence electrons. The zero-order valence-electron chi connectivity index (χ0n) is 21.9. The monoisotopic (exact) mass is 527 g/mol. The van der Waals surface area contributed by atoms with Crippen molar-refractivity contribution in [2.24, 2.45) is 11.5 Å². The van der Waals surface area contributed by atoms with Gasteiger partial charge in [0, 0.05) is 13.5 Å². The van der Waals surface area contributed by atoms with Crippen LogP contribution in [0.4, 0.5) is 0 Å². The van der Waals surface area contributed by atoms with E-state index >= 15 is 0 Å². The Labute approximate surface area is 216 Å². The van der Waals surface area contributed by atoms with Crippen molar-refractivity contribution in [3.05, 3.63) is 0 Å². The molecule has 0 aromatic carbocycles. The lowest BCUT2D eigenvalue weighted by molar-refractivity contribution is -0.144. The lowest BCUT2D eigenvalue weighted by Gasteiger charge is -2.31. The summed E-state index contributed by atoms with van der Waals surface area (Å²) < 4.78 is 0. The molecule has 9 N–H and O–H groups in total. The summed E-state index contributed by atoms with van der Waals surface area (Å²) in [7, 11) is 0. The Morgan fingerprint density at radius 1 is 0.946 bits per heavy atom. The van der Waals surface area contributed by atoms with E-state index in [-0.39, 0.29) is 6.54 Å². The Balaban J connectivity index is 2.83. The first-order valence-corrected chi connectivity index (χ1v) is 12.5. The summed E-state index contributed by atoms with van der Waals surface area (Å²) in [6.45, 7) is 6.09. The van der Waals surface area contributed by atoms with Crippen LogP contribution < -0.4 is 32.7 Å². The van der Waals surface area contributed by atoms with Crippen molar-refractivity contribution in [1.29, 1.82) is 0 Å². The highest BCUT2D eigenvalue weighted by Gasteiger charge is 2.40. The Hall–Kier alpha value is -3.26. The van der Waals surface area contributed by atoms with Crippen LogP contribution in [0.3, 0.4) is 0 Å². The number of unbranched alkanes of at least 4 members (excludes halogenated alkanes) is 1. The molecule has 0 spiro atoms. The van der Waals surface area contributed by atoms with Gasteiger partial charge in [-0.1, -0.05) is 0 Å². The minimum absolute atomic E-state index is 0.211. The Kier molecular flexibility index (Phi) is 13.0. The highest BCUT2D eigenvalue weighted by atomic mass is 16.3. The molecule has 1 aliphatic heterocycles. The van der Waals surface area contributed by atoms with Gasteiger partial charge >= 0.3 is 0 Å². The maximum Gasteiger partial charge on any atom is 0.248 e. The van der Waals surface area contributed by atoms with E-state index < -0.39 is 71.8 Å². The summed E-state index contributed by atoms with van der Waals surface area (Å²) >= 11 is 0. The van der Waals surface area contributed by atoms with Crippen LogP contribution in [0, 0.1) is 0 Å². The Morgan fingerprint density at radius 3 is 2.08 bits per heavy atom. The second kappa shape index (κ2) is 15.1.